The van der Waals surface area contributed by atoms with Crippen LogP contribution in [0, 0.1) is 0 Å². The van der Waals surface area contributed by atoms with Crippen LogP contribution in [0.25, 0.3) is 53.6 Å². The highest BCUT2D eigenvalue weighted by Gasteiger charge is 2.25. The van der Waals surface area contributed by atoms with E-state index in [1.165, 1.54) is 53.6 Å². The molecule has 0 saturated carbocycles. The smallest absolute Gasteiger partial charge is 0.118 e. The van der Waals surface area contributed by atoms with Crippen molar-refractivity contribution in [3.8, 4) is 44.2 Å². The van der Waals surface area contributed by atoms with Gasteiger partial charge in [-0.1, -0.05) is 54.6 Å². The number of fused-ring (bicyclic) bond motifs is 5. The molecule has 2 aliphatic rings. The van der Waals surface area contributed by atoms with Crippen molar-refractivity contribution >= 4 is 32.2 Å². The molecule has 0 atom stereocenters. The summed E-state index contributed by atoms with van der Waals surface area (Å²) in [7, 11) is 3.41. The molecule has 1 aliphatic carbocycles. The van der Waals surface area contributed by atoms with Crippen molar-refractivity contribution in [2.75, 3.05) is 14.2 Å². The van der Waals surface area contributed by atoms with Gasteiger partial charge in [-0.25, -0.2) is 0 Å². The molecular formula is C30H22O2S. The Morgan fingerprint density at radius 1 is 0.485 bits per heavy atom. The number of hydrogen-bond donors (Lipinski definition) is 0. The molecule has 160 valence electrons. The summed E-state index contributed by atoms with van der Waals surface area (Å²) in [5.41, 5.74) is 6.30. The molecular weight excluding hydrogens is 424 g/mol. The van der Waals surface area contributed by atoms with Gasteiger partial charge in [0.15, 0.2) is 0 Å². The van der Waals surface area contributed by atoms with Crippen LogP contribution in [0.5, 0.6) is 11.5 Å². The van der Waals surface area contributed by atoms with Crippen LogP contribution in [-0.4, -0.2) is 14.2 Å². The van der Waals surface area contributed by atoms with Crippen LogP contribution in [0.4, 0.5) is 0 Å². The molecule has 0 fully saturated rings. The van der Waals surface area contributed by atoms with Crippen LogP contribution in [0.15, 0.2) is 97.1 Å². The van der Waals surface area contributed by atoms with E-state index in [4.69, 9.17) is 9.47 Å². The van der Waals surface area contributed by atoms with Crippen LogP contribution in [-0.2, 0) is 0 Å². The average Bonchev–Trinajstić information content (AvgIpc) is 3.24. The molecule has 0 aromatic heterocycles. The number of benzene rings is 4. The van der Waals surface area contributed by atoms with Crippen LogP contribution in [0.1, 0.15) is 0 Å². The van der Waals surface area contributed by atoms with Gasteiger partial charge in [-0.3, -0.25) is 0 Å². The van der Waals surface area contributed by atoms with Crippen molar-refractivity contribution in [3.63, 3.8) is 0 Å². The Balaban J connectivity index is 1.75. The Kier molecular flexibility index (Phi) is 4.78. The van der Waals surface area contributed by atoms with Crippen molar-refractivity contribution in [1.29, 1.82) is 0 Å². The summed E-state index contributed by atoms with van der Waals surface area (Å²) < 4.78 is 12.1. The fourth-order valence-corrected chi connectivity index (χ4v) is 5.96. The monoisotopic (exact) mass is 446 g/mol. The van der Waals surface area contributed by atoms with Gasteiger partial charge in [-0.15, -0.1) is 11.3 Å². The molecule has 0 N–H and O–H groups in total. The first kappa shape index (κ1) is 19.8. The molecule has 1 heterocycles. The van der Waals surface area contributed by atoms with Gasteiger partial charge in [-0.2, -0.15) is 0 Å². The van der Waals surface area contributed by atoms with Crippen molar-refractivity contribution in [2.24, 2.45) is 0 Å². The van der Waals surface area contributed by atoms with E-state index in [2.05, 4.69) is 72.8 Å². The van der Waals surface area contributed by atoms with Gasteiger partial charge in [-0.05, 0) is 69.9 Å². The van der Waals surface area contributed by atoms with E-state index in [9.17, 15) is 0 Å². The Bertz CT molecular complexity index is 1560. The molecule has 2 nitrogen and oxygen atoms in total. The zero-order valence-corrected chi connectivity index (χ0v) is 19.3. The van der Waals surface area contributed by atoms with Crippen molar-refractivity contribution in [3.05, 3.63) is 97.1 Å². The first-order chi connectivity index (χ1) is 16.3. The van der Waals surface area contributed by atoms with E-state index in [1.54, 1.807) is 14.2 Å². The Morgan fingerprint density at radius 3 is 1.61 bits per heavy atom. The third kappa shape index (κ3) is 3.16. The molecule has 4 aromatic rings. The van der Waals surface area contributed by atoms with Crippen molar-refractivity contribution in [2.45, 2.75) is 0 Å². The normalized spacial score (nSPS) is 11.3. The van der Waals surface area contributed by atoms with E-state index in [1.807, 2.05) is 35.6 Å². The third-order valence-corrected chi connectivity index (χ3v) is 7.51. The number of hydrogen-bond acceptors (Lipinski definition) is 3. The highest BCUT2D eigenvalue weighted by Crippen LogP contribution is 2.54. The second-order valence-corrected chi connectivity index (χ2v) is 9.11. The minimum atomic E-state index is 0.866. The average molecular weight is 447 g/mol. The number of rotatable bonds is 4. The van der Waals surface area contributed by atoms with Crippen LogP contribution >= 0.6 is 11.3 Å². The highest BCUT2D eigenvalue weighted by atomic mass is 32.1. The van der Waals surface area contributed by atoms with Gasteiger partial charge in [0.1, 0.15) is 11.5 Å². The maximum Gasteiger partial charge on any atom is 0.118 e. The van der Waals surface area contributed by atoms with Gasteiger partial charge in [0.05, 0.1) is 14.2 Å². The molecule has 1 aliphatic heterocycles. The van der Waals surface area contributed by atoms with E-state index in [0.29, 0.717) is 0 Å². The van der Waals surface area contributed by atoms with Crippen molar-refractivity contribution < 1.29 is 9.47 Å². The van der Waals surface area contributed by atoms with Gasteiger partial charge < -0.3 is 9.47 Å². The topological polar surface area (TPSA) is 18.5 Å². The Labute approximate surface area is 197 Å². The molecule has 0 amide bonds. The largest absolute Gasteiger partial charge is 0.497 e. The number of ether oxygens (including phenoxy) is 2. The molecule has 4 aromatic carbocycles. The molecule has 0 spiro atoms. The summed E-state index contributed by atoms with van der Waals surface area (Å²) in [5, 5.41) is 3.85. The summed E-state index contributed by atoms with van der Waals surface area (Å²) in [6, 6.07) is 34.3. The molecule has 6 rings (SSSR count). The lowest BCUT2D eigenvalue weighted by Crippen LogP contribution is -1.88. The predicted octanol–water partition coefficient (Wildman–Crippen LogP) is 8.51. The SMILES string of the molecule is COc1ccc(-c2sc3ccccc3c3c(-c4ccc(OC)cc4)c4ccccc4c2-3)cc1. The molecule has 0 radical (unpaired) electrons. The van der Waals surface area contributed by atoms with Gasteiger partial charge in [0, 0.05) is 26.1 Å². The van der Waals surface area contributed by atoms with Gasteiger partial charge >= 0.3 is 0 Å². The lowest BCUT2D eigenvalue weighted by atomic mass is 9.95. The Hall–Kier alpha value is -3.82. The zero-order valence-electron chi connectivity index (χ0n) is 18.5. The van der Waals surface area contributed by atoms with Gasteiger partial charge in [0.2, 0.25) is 0 Å². The van der Waals surface area contributed by atoms with E-state index in [0.717, 1.165) is 11.5 Å². The van der Waals surface area contributed by atoms with Crippen molar-refractivity contribution in [1.82, 2.24) is 0 Å². The molecule has 33 heavy (non-hydrogen) atoms. The highest BCUT2D eigenvalue weighted by molar-refractivity contribution is 7.22. The first-order valence-corrected chi connectivity index (χ1v) is 11.7. The molecule has 0 unspecified atom stereocenters. The first-order valence-electron chi connectivity index (χ1n) is 10.9. The molecule has 3 heteroatoms. The van der Waals surface area contributed by atoms with Crippen LogP contribution < -0.4 is 9.47 Å². The molecule has 0 bridgehead atoms. The maximum atomic E-state index is 5.42. The summed E-state index contributed by atoms with van der Waals surface area (Å²) in [6.07, 6.45) is 0. The quantitative estimate of drug-likeness (QED) is 0.270. The second kappa shape index (κ2) is 7.95. The Morgan fingerprint density at radius 2 is 1.00 bits per heavy atom. The fourth-order valence-electron chi connectivity index (χ4n) is 4.74. The minimum Gasteiger partial charge on any atom is -0.497 e. The summed E-state index contributed by atoms with van der Waals surface area (Å²) in [5.74, 6) is 1.73. The third-order valence-electron chi connectivity index (χ3n) is 6.29. The van der Waals surface area contributed by atoms with E-state index < -0.39 is 0 Å². The summed E-state index contributed by atoms with van der Waals surface area (Å²) in [6.45, 7) is 0. The fraction of sp³-hybridized carbons (Fsp3) is 0.0667. The van der Waals surface area contributed by atoms with Gasteiger partial charge in [0.25, 0.3) is 0 Å². The molecule has 0 saturated heterocycles. The number of methoxy groups -OCH3 is 2. The predicted molar refractivity (Wildman–Crippen MR) is 140 cm³/mol. The maximum absolute atomic E-state index is 5.42. The second-order valence-electron chi connectivity index (χ2n) is 8.05. The van der Waals surface area contributed by atoms with E-state index >= 15 is 0 Å². The lowest BCUT2D eigenvalue weighted by molar-refractivity contribution is 0.415. The van der Waals surface area contributed by atoms with E-state index in [-0.39, 0.29) is 0 Å². The standard InChI is InChI=1S/C30H22O2S/c1-31-21-15-11-19(12-16-21)27-23-7-3-4-8-24(23)29-28(27)25-9-5-6-10-26(25)33-30(29)20-13-17-22(32-2)18-14-20/h3-18H,1-2H3. The summed E-state index contributed by atoms with van der Waals surface area (Å²) >= 11 is 1.85. The zero-order chi connectivity index (χ0) is 22.4. The van der Waals surface area contributed by atoms with Crippen LogP contribution in [0.2, 0.25) is 0 Å². The van der Waals surface area contributed by atoms with Crippen LogP contribution in [0.3, 0.4) is 0 Å². The summed E-state index contributed by atoms with van der Waals surface area (Å²) in [4.78, 5) is 1.28. The lowest BCUT2D eigenvalue weighted by Gasteiger charge is -2.15. The minimum absolute atomic E-state index is 0.866.